The van der Waals surface area contributed by atoms with Gasteiger partial charge in [0, 0.05) is 6.42 Å². The summed E-state index contributed by atoms with van der Waals surface area (Å²) >= 11 is 0. The molecule has 0 bridgehead atoms. The normalized spacial score (nSPS) is 19.8. The highest BCUT2D eigenvalue weighted by Gasteiger charge is 2.50. The first-order valence-corrected chi connectivity index (χ1v) is 11.4. The summed E-state index contributed by atoms with van der Waals surface area (Å²) in [6.07, 6.45) is 1.72. The molecule has 0 radical (unpaired) electrons. The molecule has 1 rings (SSSR count). The number of alkyl carbamates (subject to hydrolysis) is 1. The fraction of sp³-hybridized carbons (Fsp3) is 0.870. The summed E-state index contributed by atoms with van der Waals surface area (Å²) in [5, 5.41) is 2.64. The first-order valence-electron chi connectivity index (χ1n) is 11.4. The molecule has 184 valence electrons. The Morgan fingerprint density at radius 2 is 1.41 bits per heavy atom. The summed E-state index contributed by atoms with van der Waals surface area (Å²) in [6.45, 7) is 18.4. The lowest BCUT2D eigenvalue weighted by Gasteiger charge is -2.34. The molecule has 0 spiro atoms. The van der Waals surface area contributed by atoms with Gasteiger partial charge in [-0.25, -0.2) is 9.59 Å². The summed E-state index contributed by atoms with van der Waals surface area (Å²) in [4.78, 5) is 37.1. The molecule has 1 saturated heterocycles. The molecular formula is C23H42BNO7. The van der Waals surface area contributed by atoms with E-state index in [0.29, 0.717) is 25.4 Å². The van der Waals surface area contributed by atoms with Crippen LogP contribution >= 0.6 is 0 Å². The fourth-order valence-electron chi connectivity index (χ4n) is 3.29. The lowest BCUT2D eigenvalue weighted by atomic mass is 9.80. The number of carbonyl (C=O) groups is 3. The van der Waals surface area contributed by atoms with Gasteiger partial charge in [0.25, 0.3) is 0 Å². The van der Waals surface area contributed by atoms with Crippen LogP contribution in [0.1, 0.15) is 94.9 Å². The van der Waals surface area contributed by atoms with Crippen molar-refractivity contribution >= 4 is 25.5 Å². The molecule has 9 heteroatoms. The Labute approximate surface area is 193 Å². The number of hydrogen-bond acceptors (Lipinski definition) is 7. The van der Waals surface area contributed by atoms with Crippen molar-refractivity contribution in [2.75, 3.05) is 0 Å². The zero-order valence-electron chi connectivity index (χ0n) is 21.5. The molecule has 0 aromatic rings. The second kappa shape index (κ2) is 10.1. The van der Waals surface area contributed by atoms with Gasteiger partial charge in [-0.1, -0.05) is 12.8 Å². The van der Waals surface area contributed by atoms with Gasteiger partial charge in [-0.3, -0.25) is 0 Å². The van der Waals surface area contributed by atoms with Crippen molar-refractivity contribution in [2.24, 2.45) is 0 Å². The van der Waals surface area contributed by atoms with Gasteiger partial charge in [-0.05, 0) is 82.0 Å². The largest absolute Gasteiger partial charge is 0.458 e. The molecule has 1 aliphatic rings. The van der Waals surface area contributed by atoms with Crippen molar-refractivity contribution in [2.45, 2.75) is 129 Å². The highest BCUT2D eigenvalue weighted by Crippen LogP contribution is 2.38. The summed E-state index contributed by atoms with van der Waals surface area (Å²) in [5.74, 6) is -0.654. The van der Waals surface area contributed by atoms with E-state index in [2.05, 4.69) is 5.32 Å². The van der Waals surface area contributed by atoms with Crippen LogP contribution in [0.2, 0.25) is 6.32 Å². The topological polar surface area (TPSA) is 100 Å². The first kappa shape index (κ1) is 28.4. The molecule has 1 fully saturated rings. The standard InChI is InChI=1S/C23H42BNO7/c1-19(2,3)29-17(27)23(14-16-26,25-18(28)30-20(4,5)6)13-11-12-15-24-31-21(7,8)22(9,10)32-24/h16H,11-15H2,1-10H3,(H,25,28). The molecule has 1 aliphatic heterocycles. The Hall–Kier alpha value is -1.61. The maximum Gasteiger partial charge on any atom is 0.457 e. The fourth-order valence-corrected chi connectivity index (χ4v) is 3.29. The molecular weight excluding hydrogens is 413 g/mol. The molecule has 1 unspecified atom stereocenters. The quantitative estimate of drug-likeness (QED) is 0.237. The number of esters is 1. The van der Waals surface area contributed by atoms with Gasteiger partial charge in [-0.15, -0.1) is 0 Å². The minimum absolute atomic E-state index is 0.211. The highest BCUT2D eigenvalue weighted by atomic mass is 16.7. The van der Waals surface area contributed by atoms with Crippen LogP contribution in [0.3, 0.4) is 0 Å². The molecule has 1 N–H and O–H groups in total. The van der Waals surface area contributed by atoms with E-state index in [1.54, 1.807) is 41.5 Å². The van der Waals surface area contributed by atoms with Crippen LogP contribution in [0.5, 0.6) is 0 Å². The van der Waals surface area contributed by atoms with Gasteiger partial charge < -0.3 is 28.9 Å². The zero-order valence-corrected chi connectivity index (χ0v) is 21.5. The molecule has 0 aliphatic carbocycles. The average molecular weight is 455 g/mol. The molecule has 32 heavy (non-hydrogen) atoms. The van der Waals surface area contributed by atoms with E-state index in [4.69, 9.17) is 18.8 Å². The van der Waals surface area contributed by atoms with Crippen molar-refractivity contribution in [1.29, 1.82) is 0 Å². The zero-order chi connectivity index (χ0) is 25.0. The SMILES string of the molecule is CC(C)(C)OC(=O)NC(CC=O)(CCCCB1OC(C)(C)C(C)(C)O1)C(=O)OC(C)(C)C. The maximum atomic E-state index is 13.1. The third kappa shape index (κ3) is 8.39. The predicted molar refractivity (Wildman–Crippen MR) is 123 cm³/mol. The molecule has 0 aromatic heterocycles. The third-order valence-corrected chi connectivity index (χ3v) is 5.56. The molecule has 1 amide bonds. The van der Waals surface area contributed by atoms with Crippen molar-refractivity contribution in [1.82, 2.24) is 5.32 Å². The van der Waals surface area contributed by atoms with Gasteiger partial charge in [0.05, 0.1) is 11.2 Å². The lowest BCUT2D eigenvalue weighted by molar-refractivity contribution is -0.164. The minimum Gasteiger partial charge on any atom is -0.458 e. The van der Waals surface area contributed by atoms with E-state index in [9.17, 15) is 14.4 Å². The Balaban J connectivity index is 2.90. The minimum atomic E-state index is -1.51. The number of ether oxygens (including phenoxy) is 2. The number of amides is 1. The van der Waals surface area contributed by atoms with E-state index in [1.165, 1.54) is 0 Å². The van der Waals surface area contributed by atoms with E-state index in [1.807, 2.05) is 27.7 Å². The number of hydrogen-bond donors (Lipinski definition) is 1. The highest BCUT2D eigenvalue weighted by molar-refractivity contribution is 6.45. The van der Waals surface area contributed by atoms with Crippen molar-refractivity contribution < 1.29 is 33.2 Å². The number of nitrogens with one attached hydrogen (secondary N) is 1. The Bertz CT molecular complexity index is 663. The van der Waals surface area contributed by atoms with Crippen LogP contribution in [-0.4, -0.2) is 53.4 Å². The van der Waals surface area contributed by atoms with Crippen LogP contribution in [0.15, 0.2) is 0 Å². The number of carbonyl (C=O) groups excluding carboxylic acids is 3. The second-order valence-corrected chi connectivity index (χ2v) is 11.5. The van der Waals surface area contributed by atoms with Crippen LogP contribution in [-0.2, 0) is 28.4 Å². The molecule has 1 heterocycles. The van der Waals surface area contributed by atoms with Crippen LogP contribution in [0.4, 0.5) is 4.79 Å². The van der Waals surface area contributed by atoms with E-state index in [-0.39, 0.29) is 20.0 Å². The van der Waals surface area contributed by atoms with Crippen molar-refractivity contribution in [3.8, 4) is 0 Å². The van der Waals surface area contributed by atoms with Gasteiger partial charge in [0.1, 0.15) is 23.0 Å². The lowest BCUT2D eigenvalue weighted by Crippen LogP contribution is -2.57. The Morgan fingerprint density at radius 1 is 0.906 bits per heavy atom. The number of aldehydes is 1. The summed E-state index contributed by atoms with van der Waals surface area (Å²) < 4.78 is 22.9. The molecule has 0 aromatic carbocycles. The summed E-state index contributed by atoms with van der Waals surface area (Å²) in [7, 11) is -0.346. The Morgan fingerprint density at radius 3 is 1.84 bits per heavy atom. The average Bonchev–Trinajstić information content (AvgIpc) is 2.75. The summed E-state index contributed by atoms with van der Waals surface area (Å²) in [6, 6.07) is 0. The first-order chi connectivity index (χ1) is 14.3. The van der Waals surface area contributed by atoms with Crippen LogP contribution in [0.25, 0.3) is 0 Å². The molecule has 0 saturated carbocycles. The third-order valence-electron chi connectivity index (χ3n) is 5.56. The molecule has 1 atom stereocenters. The second-order valence-electron chi connectivity index (χ2n) is 11.5. The van der Waals surface area contributed by atoms with Gasteiger partial charge in [0.2, 0.25) is 0 Å². The number of unbranched alkanes of at least 4 members (excludes halogenated alkanes) is 1. The summed E-state index contributed by atoms with van der Waals surface area (Å²) in [5.41, 5.74) is -3.85. The predicted octanol–water partition coefficient (Wildman–Crippen LogP) is 4.44. The van der Waals surface area contributed by atoms with Crippen LogP contribution < -0.4 is 5.32 Å². The van der Waals surface area contributed by atoms with E-state index < -0.39 is 40.0 Å². The van der Waals surface area contributed by atoms with E-state index >= 15 is 0 Å². The van der Waals surface area contributed by atoms with Crippen LogP contribution in [0, 0.1) is 0 Å². The van der Waals surface area contributed by atoms with Gasteiger partial charge in [0.15, 0.2) is 0 Å². The smallest absolute Gasteiger partial charge is 0.457 e. The van der Waals surface area contributed by atoms with Crippen molar-refractivity contribution in [3.05, 3.63) is 0 Å². The Kier molecular flexibility index (Phi) is 8.99. The van der Waals surface area contributed by atoms with E-state index in [0.717, 1.165) is 0 Å². The van der Waals surface area contributed by atoms with Gasteiger partial charge in [-0.2, -0.15) is 0 Å². The molecule has 8 nitrogen and oxygen atoms in total. The van der Waals surface area contributed by atoms with Gasteiger partial charge >= 0.3 is 19.2 Å². The van der Waals surface area contributed by atoms with Crippen molar-refractivity contribution in [3.63, 3.8) is 0 Å². The number of rotatable bonds is 9. The monoisotopic (exact) mass is 455 g/mol. The maximum absolute atomic E-state index is 13.1.